The van der Waals surface area contributed by atoms with E-state index < -0.39 is 12.3 Å². The van der Waals surface area contributed by atoms with Gasteiger partial charge in [-0.25, -0.2) is 0 Å². The number of amides is 1. The molecule has 1 aromatic heterocycles. The first kappa shape index (κ1) is 19.0. The zero-order valence-electron chi connectivity index (χ0n) is 14.4. The van der Waals surface area contributed by atoms with E-state index in [4.69, 9.17) is 11.5 Å². The molecule has 1 aliphatic rings. The molecule has 27 heavy (non-hydrogen) atoms. The van der Waals surface area contributed by atoms with Crippen LogP contribution in [0, 0.1) is 0 Å². The van der Waals surface area contributed by atoms with Crippen LogP contribution in [0.15, 0.2) is 30.5 Å². The number of nitrogens with two attached hydrogens (primary N) is 2. The first-order valence-electron chi connectivity index (χ1n) is 8.50. The average Bonchev–Trinajstić information content (AvgIpc) is 2.99. The van der Waals surface area contributed by atoms with Crippen LogP contribution in [0.5, 0.6) is 5.75 Å². The number of halogens is 3. The highest BCUT2D eigenvalue weighted by Gasteiger charge is 2.31. The molecule has 146 valence electrons. The molecule has 1 aromatic carbocycles. The number of carbonyl (C=O) groups excluding carboxylic acids is 1. The topological polar surface area (TPSA) is 108 Å². The molecular formula is C17H20F3N5O2. The van der Waals surface area contributed by atoms with Crippen molar-refractivity contribution in [3.63, 3.8) is 0 Å². The van der Waals surface area contributed by atoms with Gasteiger partial charge < -0.3 is 21.5 Å². The fourth-order valence-electron chi connectivity index (χ4n) is 3.18. The van der Waals surface area contributed by atoms with Gasteiger partial charge in [0, 0.05) is 17.9 Å². The first-order valence-corrected chi connectivity index (χ1v) is 8.50. The Labute approximate surface area is 153 Å². The van der Waals surface area contributed by atoms with Gasteiger partial charge in [0.05, 0.1) is 6.04 Å². The van der Waals surface area contributed by atoms with E-state index in [1.807, 2.05) is 0 Å². The van der Waals surface area contributed by atoms with E-state index in [1.165, 1.54) is 12.1 Å². The number of hydrogen-bond acceptors (Lipinski definition) is 5. The number of anilines is 2. The van der Waals surface area contributed by atoms with E-state index in [2.05, 4.69) is 15.2 Å². The fraction of sp³-hybridized carbons (Fsp3) is 0.412. The average molecular weight is 383 g/mol. The van der Waals surface area contributed by atoms with Crippen LogP contribution in [0.25, 0.3) is 0 Å². The van der Waals surface area contributed by atoms with Gasteiger partial charge in [-0.15, -0.1) is 13.2 Å². The maximum absolute atomic E-state index is 12.2. The highest BCUT2D eigenvalue weighted by atomic mass is 19.4. The maximum atomic E-state index is 12.2. The third-order valence-electron chi connectivity index (χ3n) is 4.47. The van der Waals surface area contributed by atoms with Crippen molar-refractivity contribution in [2.45, 2.75) is 44.1 Å². The van der Waals surface area contributed by atoms with Crippen molar-refractivity contribution >= 4 is 17.4 Å². The van der Waals surface area contributed by atoms with E-state index in [0.717, 1.165) is 37.8 Å². The molecule has 0 bridgehead atoms. The number of carbonyl (C=O) groups is 1. The van der Waals surface area contributed by atoms with Gasteiger partial charge in [0.1, 0.15) is 11.3 Å². The number of ether oxygens (including phenoxy) is 1. The molecule has 0 aliphatic heterocycles. The van der Waals surface area contributed by atoms with Crippen molar-refractivity contribution < 1.29 is 22.7 Å². The molecule has 0 radical (unpaired) electrons. The smallest absolute Gasteiger partial charge is 0.406 e. The summed E-state index contributed by atoms with van der Waals surface area (Å²) in [5.41, 5.74) is 12.2. The molecule has 5 N–H and O–H groups in total. The number of rotatable bonds is 5. The largest absolute Gasteiger partial charge is 0.573 e. The quantitative estimate of drug-likeness (QED) is 0.735. The van der Waals surface area contributed by atoms with Gasteiger partial charge in [-0.3, -0.25) is 9.48 Å². The van der Waals surface area contributed by atoms with Gasteiger partial charge >= 0.3 is 6.36 Å². The van der Waals surface area contributed by atoms with E-state index in [9.17, 15) is 18.0 Å². The van der Waals surface area contributed by atoms with Gasteiger partial charge in [0.2, 0.25) is 0 Å². The summed E-state index contributed by atoms with van der Waals surface area (Å²) >= 11 is 0. The molecule has 2 aromatic rings. The number of nitrogens with zero attached hydrogens (tertiary/aromatic N) is 2. The number of alkyl halides is 3. The lowest BCUT2D eigenvalue weighted by Gasteiger charge is -2.28. The molecule has 0 unspecified atom stereocenters. The fourth-order valence-corrected chi connectivity index (χ4v) is 3.18. The van der Waals surface area contributed by atoms with Crippen LogP contribution in [0.3, 0.4) is 0 Å². The summed E-state index contributed by atoms with van der Waals surface area (Å²) in [6.45, 7) is 0. The molecule has 1 aliphatic carbocycles. The SMILES string of the molecule is NC(=O)c1cn([C@H]2CCCC[C@@H]2N)nc1Nc1ccc(OC(F)(F)F)cc1. The molecule has 3 rings (SSSR count). The van der Waals surface area contributed by atoms with Crippen LogP contribution in [0.2, 0.25) is 0 Å². The number of hydrogen-bond donors (Lipinski definition) is 3. The second-order valence-electron chi connectivity index (χ2n) is 6.45. The molecule has 1 fully saturated rings. The minimum Gasteiger partial charge on any atom is -0.406 e. The summed E-state index contributed by atoms with van der Waals surface area (Å²) in [6, 6.07) is 5.00. The number of primary amides is 1. The summed E-state index contributed by atoms with van der Waals surface area (Å²) in [4.78, 5) is 11.8. The van der Waals surface area contributed by atoms with Gasteiger partial charge in [-0.2, -0.15) is 5.10 Å². The van der Waals surface area contributed by atoms with Crippen molar-refractivity contribution in [2.75, 3.05) is 5.32 Å². The number of benzene rings is 1. The Morgan fingerprint density at radius 1 is 1.22 bits per heavy atom. The predicted octanol–water partition coefficient (Wildman–Crippen LogP) is 3.07. The predicted molar refractivity (Wildman–Crippen MR) is 92.6 cm³/mol. The summed E-state index contributed by atoms with van der Waals surface area (Å²) < 4.78 is 42.2. The van der Waals surface area contributed by atoms with Gasteiger partial charge in [0.15, 0.2) is 5.82 Å². The zero-order chi connectivity index (χ0) is 19.6. The Balaban J connectivity index is 1.80. The molecule has 7 nitrogen and oxygen atoms in total. The van der Waals surface area contributed by atoms with Gasteiger partial charge in [0.25, 0.3) is 5.91 Å². The second kappa shape index (κ2) is 7.47. The van der Waals surface area contributed by atoms with Gasteiger partial charge in [-0.05, 0) is 37.1 Å². The highest BCUT2D eigenvalue weighted by Crippen LogP contribution is 2.30. The summed E-state index contributed by atoms with van der Waals surface area (Å²) in [5.74, 6) is -0.781. The third-order valence-corrected chi connectivity index (χ3v) is 4.47. The van der Waals surface area contributed by atoms with Crippen LogP contribution < -0.4 is 21.5 Å². The minimum atomic E-state index is -4.76. The van der Waals surface area contributed by atoms with Gasteiger partial charge in [-0.1, -0.05) is 12.8 Å². The summed E-state index contributed by atoms with van der Waals surface area (Å²) in [7, 11) is 0. The highest BCUT2D eigenvalue weighted by molar-refractivity contribution is 5.98. The first-order chi connectivity index (χ1) is 12.7. The van der Waals surface area contributed by atoms with E-state index in [1.54, 1.807) is 10.9 Å². The third kappa shape index (κ3) is 4.70. The second-order valence-corrected chi connectivity index (χ2v) is 6.45. The molecule has 1 heterocycles. The lowest BCUT2D eigenvalue weighted by atomic mass is 9.91. The summed E-state index contributed by atoms with van der Waals surface area (Å²) in [5, 5.41) is 7.30. The molecule has 1 saturated carbocycles. The molecule has 1 amide bonds. The molecule has 10 heteroatoms. The van der Waals surface area contributed by atoms with Crippen LogP contribution in [-0.2, 0) is 0 Å². The molecule has 0 spiro atoms. The minimum absolute atomic E-state index is 0.0324. The molecule has 2 atom stereocenters. The number of aromatic nitrogens is 2. The lowest BCUT2D eigenvalue weighted by Crippen LogP contribution is -2.35. The van der Waals surface area contributed by atoms with Crippen LogP contribution in [0.4, 0.5) is 24.7 Å². The van der Waals surface area contributed by atoms with E-state index >= 15 is 0 Å². The maximum Gasteiger partial charge on any atom is 0.573 e. The lowest BCUT2D eigenvalue weighted by molar-refractivity contribution is -0.274. The van der Waals surface area contributed by atoms with Crippen molar-refractivity contribution in [3.05, 3.63) is 36.0 Å². The van der Waals surface area contributed by atoms with Crippen molar-refractivity contribution in [2.24, 2.45) is 11.5 Å². The van der Waals surface area contributed by atoms with Crippen LogP contribution in [0.1, 0.15) is 42.1 Å². The van der Waals surface area contributed by atoms with E-state index in [0.29, 0.717) is 5.69 Å². The standard InChI is InChI=1S/C17H20F3N5O2/c18-17(19,20)27-11-7-5-10(6-8-11)23-16-12(15(22)26)9-25(24-16)14-4-2-1-3-13(14)21/h5-9,13-14H,1-4,21H2,(H2,22,26)(H,23,24)/t13-,14-/m0/s1. The van der Waals surface area contributed by atoms with Crippen molar-refractivity contribution in [1.29, 1.82) is 0 Å². The Kier molecular flexibility index (Phi) is 5.26. The Morgan fingerprint density at radius 3 is 2.48 bits per heavy atom. The van der Waals surface area contributed by atoms with Crippen molar-refractivity contribution in [1.82, 2.24) is 9.78 Å². The molecular weight excluding hydrogens is 363 g/mol. The summed E-state index contributed by atoms with van der Waals surface area (Å²) in [6.07, 6.45) is 0.601. The Hall–Kier alpha value is -2.75. The van der Waals surface area contributed by atoms with Crippen LogP contribution in [-0.4, -0.2) is 28.1 Å². The Bertz CT molecular complexity index is 804. The van der Waals surface area contributed by atoms with Crippen LogP contribution >= 0.6 is 0 Å². The van der Waals surface area contributed by atoms with Crippen molar-refractivity contribution in [3.8, 4) is 5.75 Å². The zero-order valence-corrected chi connectivity index (χ0v) is 14.4. The van der Waals surface area contributed by atoms with E-state index in [-0.39, 0.29) is 29.2 Å². The monoisotopic (exact) mass is 383 g/mol. The molecule has 0 saturated heterocycles. The number of nitrogens with one attached hydrogen (secondary N) is 1. The Morgan fingerprint density at radius 2 is 1.89 bits per heavy atom. The normalized spacial score (nSPS) is 20.3.